The number of hydrogen-bond donors (Lipinski definition) is 2. The van der Waals surface area contributed by atoms with Crippen LogP contribution in [0, 0.1) is 0 Å². The number of nitrogens with one attached hydrogen (secondary N) is 1. The Kier molecular flexibility index (Phi) is 9.29. The Balaban J connectivity index is 1.75. The summed E-state index contributed by atoms with van der Waals surface area (Å²) in [7, 11) is 0. The highest BCUT2D eigenvalue weighted by molar-refractivity contribution is 6.42. The van der Waals surface area contributed by atoms with Crippen LogP contribution in [0.3, 0.4) is 0 Å². The summed E-state index contributed by atoms with van der Waals surface area (Å²) in [4.78, 5) is 36.0. The first-order valence-electron chi connectivity index (χ1n) is 11.1. The van der Waals surface area contributed by atoms with Crippen LogP contribution in [-0.4, -0.2) is 35.1 Å². The van der Waals surface area contributed by atoms with Crippen molar-refractivity contribution in [3.05, 3.63) is 94.0 Å². The maximum atomic E-state index is 13.0. The average Bonchev–Trinajstić information content (AvgIpc) is 2.83. The van der Waals surface area contributed by atoms with E-state index in [1.165, 1.54) is 6.08 Å². The molecule has 1 amide bonds. The van der Waals surface area contributed by atoms with Crippen LogP contribution in [0.4, 0.5) is 0 Å². The Morgan fingerprint density at radius 2 is 1.74 bits per heavy atom. The van der Waals surface area contributed by atoms with Crippen LogP contribution in [0.1, 0.15) is 35.7 Å². The molecule has 0 fully saturated rings. The van der Waals surface area contributed by atoms with Crippen molar-refractivity contribution in [2.24, 2.45) is 0 Å². The van der Waals surface area contributed by atoms with Crippen LogP contribution in [0.15, 0.2) is 72.8 Å². The number of ether oxygens (including phenoxy) is 1. The topological polar surface area (TPSA) is 92.7 Å². The van der Waals surface area contributed by atoms with Crippen LogP contribution in [0.5, 0.6) is 0 Å². The number of halogens is 2. The third-order valence-corrected chi connectivity index (χ3v) is 6.15. The molecular weight excluding hydrogens is 489 g/mol. The quantitative estimate of drug-likeness (QED) is 0.262. The second kappa shape index (κ2) is 12.4. The third kappa shape index (κ3) is 7.84. The van der Waals surface area contributed by atoms with E-state index in [0.717, 1.165) is 22.4 Å². The minimum atomic E-state index is -1.07. The molecule has 0 bridgehead atoms. The molecule has 0 radical (unpaired) electrons. The molecule has 0 unspecified atom stereocenters. The van der Waals surface area contributed by atoms with Crippen molar-refractivity contribution in [1.29, 1.82) is 0 Å². The fraction of sp³-hybridized carbons (Fsp3) is 0.222. The number of allylic oxidation sites excluding steroid dienone is 1. The second-order valence-corrected chi connectivity index (χ2v) is 8.91. The zero-order chi connectivity index (χ0) is 25.4. The van der Waals surface area contributed by atoms with Gasteiger partial charge in [-0.3, -0.25) is 4.79 Å². The van der Waals surface area contributed by atoms with E-state index in [-0.39, 0.29) is 18.7 Å². The maximum absolute atomic E-state index is 13.0. The summed E-state index contributed by atoms with van der Waals surface area (Å²) in [5, 5.41) is 14.2. The van der Waals surface area contributed by atoms with Gasteiger partial charge in [-0.1, -0.05) is 65.7 Å². The van der Waals surface area contributed by atoms with Crippen molar-refractivity contribution in [1.82, 2.24) is 5.32 Å². The van der Waals surface area contributed by atoms with Crippen molar-refractivity contribution >= 4 is 51.8 Å². The van der Waals surface area contributed by atoms with E-state index in [9.17, 15) is 14.4 Å². The number of fused-ring (bicyclic) bond motifs is 1. The molecule has 0 aliphatic heterocycles. The number of carboxylic acids is 1. The van der Waals surface area contributed by atoms with Crippen LogP contribution in [0.25, 0.3) is 10.8 Å². The van der Waals surface area contributed by atoms with Gasteiger partial charge < -0.3 is 15.2 Å². The molecule has 3 aromatic carbocycles. The summed E-state index contributed by atoms with van der Waals surface area (Å²) in [6.07, 6.45) is 2.40. The first kappa shape index (κ1) is 26.3. The monoisotopic (exact) mass is 513 g/mol. The lowest BCUT2D eigenvalue weighted by atomic mass is 10.0. The van der Waals surface area contributed by atoms with Crippen LogP contribution >= 0.6 is 23.2 Å². The highest BCUT2D eigenvalue weighted by Gasteiger charge is 2.25. The van der Waals surface area contributed by atoms with Gasteiger partial charge in [-0.2, -0.15) is 0 Å². The van der Waals surface area contributed by atoms with Gasteiger partial charge in [0.2, 0.25) is 5.91 Å². The van der Waals surface area contributed by atoms with Gasteiger partial charge in [0.1, 0.15) is 6.10 Å². The summed E-state index contributed by atoms with van der Waals surface area (Å²) >= 11 is 12.2. The summed E-state index contributed by atoms with van der Waals surface area (Å²) in [5.41, 5.74) is 1.20. The molecule has 182 valence electrons. The number of hydrogen-bond acceptors (Lipinski definition) is 4. The van der Waals surface area contributed by atoms with Gasteiger partial charge in [0.25, 0.3) is 0 Å². The molecule has 0 aliphatic carbocycles. The largest absolute Gasteiger partial charge is 0.478 e. The van der Waals surface area contributed by atoms with Crippen LogP contribution < -0.4 is 5.32 Å². The summed E-state index contributed by atoms with van der Waals surface area (Å²) in [5.74, 6) is -1.86. The minimum Gasteiger partial charge on any atom is -0.478 e. The molecule has 3 aromatic rings. The van der Waals surface area contributed by atoms with Gasteiger partial charge in [0.15, 0.2) is 0 Å². The number of carboxylic acid groups (broad SMARTS) is 1. The lowest BCUT2D eigenvalue weighted by Gasteiger charge is -2.25. The first-order chi connectivity index (χ1) is 16.7. The standard InChI is InChI=1S/C27H25Cl2NO5/c1-17(30-25(31)8-4-5-9-26(32)33)24(15-18-10-13-22(28)23(29)14-18)35-27(34)21-12-11-19-6-2-3-7-20(19)16-21/h2-3,5-7,9-14,16-17,24H,4,8,15H2,1H3,(H,30,31)(H,32,33)/b9-5+/t17-,24+/m0/s1. The van der Waals surface area contributed by atoms with Gasteiger partial charge in [0, 0.05) is 18.9 Å². The van der Waals surface area contributed by atoms with Crippen molar-refractivity contribution < 1.29 is 24.2 Å². The lowest BCUT2D eigenvalue weighted by molar-refractivity contribution is -0.131. The van der Waals surface area contributed by atoms with E-state index < -0.39 is 24.1 Å². The zero-order valence-corrected chi connectivity index (χ0v) is 20.6. The van der Waals surface area contributed by atoms with Crippen molar-refractivity contribution in [3.63, 3.8) is 0 Å². The smallest absolute Gasteiger partial charge is 0.338 e. The van der Waals surface area contributed by atoms with E-state index in [0.29, 0.717) is 22.0 Å². The number of esters is 1. The molecule has 35 heavy (non-hydrogen) atoms. The number of aliphatic carboxylic acids is 1. The first-order valence-corrected chi connectivity index (χ1v) is 11.8. The van der Waals surface area contributed by atoms with E-state index in [2.05, 4.69) is 5.32 Å². The maximum Gasteiger partial charge on any atom is 0.338 e. The number of benzene rings is 3. The predicted molar refractivity (Wildman–Crippen MR) is 137 cm³/mol. The highest BCUT2D eigenvalue weighted by Crippen LogP contribution is 2.24. The molecule has 3 rings (SSSR count). The molecule has 6 nitrogen and oxygen atoms in total. The Labute approximate surface area is 213 Å². The molecule has 8 heteroatoms. The van der Waals surface area contributed by atoms with Crippen molar-refractivity contribution in [2.45, 2.75) is 38.3 Å². The molecule has 0 aromatic heterocycles. The summed E-state index contributed by atoms with van der Waals surface area (Å²) in [6, 6.07) is 17.7. The Morgan fingerprint density at radius 3 is 2.46 bits per heavy atom. The number of rotatable bonds is 10. The normalized spacial score (nSPS) is 12.9. The van der Waals surface area contributed by atoms with E-state index in [1.807, 2.05) is 30.3 Å². The Morgan fingerprint density at radius 1 is 1.00 bits per heavy atom. The molecule has 0 aliphatic rings. The van der Waals surface area contributed by atoms with Gasteiger partial charge in [-0.05, 0) is 53.9 Å². The Bertz CT molecular complexity index is 1260. The molecule has 0 heterocycles. The summed E-state index contributed by atoms with van der Waals surface area (Å²) < 4.78 is 5.86. The minimum absolute atomic E-state index is 0.103. The van der Waals surface area contributed by atoms with E-state index >= 15 is 0 Å². The third-order valence-electron chi connectivity index (χ3n) is 5.41. The molecule has 0 saturated carbocycles. The number of amides is 1. The van der Waals surface area contributed by atoms with E-state index in [4.69, 9.17) is 33.0 Å². The highest BCUT2D eigenvalue weighted by atomic mass is 35.5. The lowest BCUT2D eigenvalue weighted by Crippen LogP contribution is -2.44. The molecule has 2 N–H and O–H groups in total. The van der Waals surface area contributed by atoms with Crippen molar-refractivity contribution in [3.8, 4) is 0 Å². The number of carbonyl (C=O) groups excluding carboxylic acids is 2. The molecule has 0 saturated heterocycles. The Hall–Kier alpha value is -3.35. The average molecular weight is 514 g/mol. The second-order valence-electron chi connectivity index (χ2n) is 8.09. The zero-order valence-electron chi connectivity index (χ0n) is 19.0. The van der Waals surface area contributed by atoms with Gasteiger partial charge in [0.05, 0.1) is 21.7 Å². The van der Waals surface area contributed by atoms with Crippen molar-refractivity contribution in [2.75, 3.05) is 0 Å². The SMILES string of the molecule is C[C@H](NC(=O)CC/C=C/C(=O)O)[C@@H](Cc1ccc(Cl)c(Cl)c1)OC(=O)c1ccc2ccccc2c1. The van der Waals surface area contributed by atoms with E-state index in [1.54, 1.807) is 37.3 Å². The molecular formula is C27H25Cl2NO5. The predicted octanol–water partition coefficient (Wildman–Crippen LogP) is 5.84. The summed E-state index contributed by atoms with van der Waals surface area (Å²) in [6.45, 7) is 1.75. The van der Waals surface area contributed by atoms with Crippen LogP contribution in [0.2, 0.25) is 10.0 Å². The van der Waals surface area contributed by atoms with Gasteiger partial charge in [-0.15, -0.1) is 0 Å². The number of carbonyl (C=O) groups is 3. The molecule has 2 atom stereocenters. The van der Waals surface area contributed by atoms with Gasteiger partial charge >= 0.3 is 11.9 Å². The molecule has 0 spiro atoms. The van der Waals surface area contributed by atoms with Gasteiger partial charge in [-0.25, -0.2) is 9.59 Å². The van der Waals surface area contributed by atoms with Crippen LogP contribution in [-0.2, 0) is 20.7 Å². The fourth-order valence-corrected chi connectivity index (χ4v) is 3.88. The fourth-order valence-electron chi connectivity index (χ4n) is 3.56.